The Labute approximate surface area is 94.6 Å². The van der Waals surface area contributed by atoms with Gasteiger partial charge in [-0.1, -0.05) is 29.7 Å². The monoisotopic (exact) mass is 244 g/mol. The van der Waals surface area contributed by atoms with Crippen LogP contribution < -0.4 is 0 Å². The van der Waals surface area contributed by atoms with Crippen molar-refractivity contribution in [2.24, 2.45) is 0 Å². The number of nitrogens with zero attached hydrogens (tertiary/aromatic N) is 4. The number of ether oxygens (including phenoxy) is 1. The van der Waals surface area contributed by atoms with Gasteiger partial charge in [0.1, 0.15) is 0 Å². The minimum Gasteiger partial charge on any atom is -0.390 e. The molecule has 16 heavy (non-hydrogen) atoms. The Hall–Kier alpha value is -1.28. The van der Waals surface area contributed by atoms with Crippen molar-refractivity contribution in [3.05, 3.63) is 16.4 Å². The van der Waals surface area contributed by atoms with Gasteiger partial charge in [0.2, 0.25) is 6.33 Å². The molecule has 0 aliphatic carbocycles. The summed E-state index contributed by atoms with van der Waals surface area (Å²) in [6.45, 7) is 7.42. The topological polar surface area (TPSA) is 83.1 Å². The van der Waals surface area contributed by atoms with E-state index in [1.54, 1.807) is 0 Å². The van der Waals surface area contributed by atoms with Gasteiger partial charge in [0.15, 0.2) is 6.73 Å². The molecule has 1 aromatic rings. The highest BCUT2D eigenvalue weighted by atomic mass is 28.3. The average Bonchev–Trinajstić information content (AvgIpc) is 2.58. The van der Waals surface area contributed by atoms with Crippen LogP contribution in [0.4, 0.5) is 5.95 Å². The molecule has 0 aliphatic heterocycles. The molecular weight excluding hydrogens is 228 g/mol. The van der Waals surface area contributed by atoms with Gasteiger partial charge < -0.3 is 14.9 Å². The number of nitro groups is 1. The van der Waals surface area contributed by atoms with Gasteiger partial charge in [0.25, 0.3) is 0 Å². The van der Waals surface area contributed by atoms with Crippen LogP contribution in [-0.2, 0) is 11.5 Å². The molecule has 0 aromatic carbocycles. The lowest BCUT2D eigenvalue weighted by atomic mass is 10.8. The van der Waals surface area contributed by atoms with Crippen molar-refractivity contribution in [2.75, 3.05) is 6.61 Å². The Morgan fingerprint density at radius 3 is 2.81 bits per heavy atom. The van der Waals surface area contributed by atoms with E-state index in [0.717, 1.165) is 17.1 Å². The van der Waals surface area contributed by atoms with E-state index in [1.807, 2.05) is 0 Å². The first-order valence-corrected chi connectivity index (χ1v) is 8.71. The summed E-state index contributed by atoms with van der Waals surface area (Å²) >= 11 is 0. The van der Waals surface area contributed by atoms with E-state index in [0.29, 0.717) is 6.61 Å². The smallest absolute Gasteiger partial charge is 0.390 e. The SMILES string of the molecule is C[Si](C)(C)CCOCn1ncnc1[N+](=O)[O-]. The Morgan fingerprint density at radius 2 is 2.25 bits per heavy atom. The number of rotatable bonds is 6. The maximum Gasteiger partial charge on any atom is 0.457 e. The zero-order valence-corrected chi connectivity index (χ0v) is 10.7. The lowest BCUT2D eigenvalue weighted by molar-refractivity contribution is -0.398. The number of hydrogen-bond donors (Lipinski definition) is 0. The summed E-state index contributed by atoms with van der Waals surface area (Å²) in [6, 6.07) is 1.02. The second-order valence-electron chi connectivity index (χ2n) is 4.66. The molecule has 8 heteroatoms. The molecule has 0 saturated heterocycles. The fourth-order valence-electron chi connectivity index (χ4n) is 1.02. The quantitative estimate of drug-likeness (QED) is 0.328. The van der Waals surface area contributed by atoms with Crippen LogP contribution in [0.5, 0.6) is 0 Å². The highest BCUT2D eigenvalue weighted by molar-refractivity contribution is 6.76. The van der Waals surface area contributed by atoms with Crippen LogP contribution in [-0.4, -0.2) is 34.4 Å². The van der Waals surface area contributed by atoms with Crippen molar-refractivity contribution in [3.63, 3.8) is 0 Å². The molecule has 1 heterocycles. The molecule has 0 spiro atoms. The lowest BCUT2D eigenvalue weighted by Gasteiger charge is -2.14. The van der Waals surface area contributed by atoms with Gasteiger partial charge in [-0.15, -0.1) is 4.68 Å². The Morgan fingerprint density at radius 1 is 1.56 bits per heavy atom. The highest BCUT2D eigenvalue weighted by Crippen LogP contribution is 2.09. The molecule has 0 fully saturated rings. The van der Waals surface area contributed by atoms with Gasteiger partial charge >= 0.3 is 5.95 Å². The molecule has 1 aromatic heterocycles. The van der Waals surface area contributed by atoms with Crippen LogP contribution in [0, 0.1) is 10.1 Å². The van der Waals surface area contributed by atoms with Crippen molar-refractivity contribution in [1.29, 1.82) is 0 Å². The molecule has 0 amide bonds. The first-order chi connectivity index (χ1) is 7.40. The number of hydrogen-bond acceptors (Lipinski definition) is 5. The van der Waals surface area contributed by atoms with Crippen LogP contribution in [0.15, 0.2) is 6.33 Å². The van der Waals surface area contributed by atoms with E-state index in [2.05, 4.69) is 29.7 Å². The zero-order chi connectivity index (χ0) is 12.2. The number of aromatic nitrogens is 3. The summed E-state index contributed by atoms with van der Waals surface area (Å²) in [4.78, 5) is 13.5. The van der Waals surface area contributed by atoms with Gasteiger partial charge in [0, 0.05) is 14.7 Å². The average molecular weight is 244 g/mol. The summed E-state index contributed by atoms with van der Waals surface area (Å²) in [6.07, 6.45) is 1.15. The Balaban J connectivity index is 2.38. The second-order valence-corrected chi connectivity index (χ2v) is 10.3. The Bertz CT molecular complexity index is 360. The molecule has 0 aliphatic rings. The van der Waals surface area contributed by atoms with Gasteiger partial charge in [-0.2, -0.15) is 0 Å². The standard InChI is InChI=1S/C8H16N4O3Si/c1-16(2,3)5-4-15-7-11-8(12(13)14)9-6-10-11/h6H,4-5,7H2,1-3H3. The molecule has 0 unspecified atom stereocenters. The van der Waals surface area contributed by atoms with Gasteiger partial charge in [-0.05, 0) is 11.0 Å². The largest absolute Gasteiger partial charge is 0.457 e. The van der Waals surface area contributed by atoms with E-state index in [9.17, 15) is 10.1 Å². The maximum atomic E-state index is 10.5. The molecule has 1 rings (SSSR count). The van der Waals surface area contributed by atoms with E-state index < -0.39 is 13.0 Å². The first kappa shape index (κ1) is 12.8. The minimum atomic E-state index is -1.12. The summed E-state index contributed by atoms with van der Waals surface area (Å²) in [7, 11) is -1.12. The van der Waals surface area contributed by atoms with E-state index in [4.69, 9.17) is 4.74 Å². The van der Waals surface area contributed by atoms with Gasteiger partial charge in [-0.3, -0.25) is 0 Å². The molecule has 0 radical (unpaired) electrons. The second kappa shape index (κ2) is 5.17. The molecule has 7 nitrogen and oxygen atoms in total. The third-order valence-corrected chi connectivity index (χ3v) is 3.67. The molecule has 0 atom stereocenters. The fraction of sp³-hybridized carbons (Fsp3) is 0.750. The first-order valence-electron chi connectivity index (χ1n) is 5.00. The predicted octanol–water partition coefficient (Wildman–Crippen LogP) is 1.50. The third kappa shape index (κ3) is 4.07. The van der Waals surface area contributed by atoms with Gasteiger partial charge in [0.05, 0.1) is 0 Å². The molecule has 90 valence electrons. The van der Waals surface area contributed by atoms with Crippen LogP contribution >= 0.6 is 0 Å². The van der Waals surface area contributed by atoms with E-state index >= 15 is 0 Å². The fourth-order valence-corrected chi connectivity index (χ4v) is 1.78. The van der Waals surface area contributed by atoms with E-state index in [1.165, 1.54) is 0 Å². The normalized spacial score (nSPS) is 11.7. The molecule has 0 bridgehead atoms. The van der Waals surface area contributed by atoms with Gasteiger partial charge in [-0.25, -0.2) is 0 Å². The molecule has 0 N–H and O–H groups in total. The van der Waals surface area contributed by atoms with Crippen LogP contribution in [0.25, 0.3) is 0 Å². The minimum absolute atomic E-state index is 0.0841. The summed E-state index contributed by atoms with van der Waals surface area (Å²) in [5, 5.41) is 14.2. The summed E-state index contributed by atoms with van der Waals surface area (Å²) in [5.74, 6) is -0.284. The summed E-state index contributed by atoms with van der Waals surface area (Å²) in [5.41, 5.74) is 0. The van der Waals surface area contributed by atoms with Crippen molar-refractivity contribution in [3.8, 4) is 0 Å². The summed E-state index contributed by atoms with van der Waals surface area (Å²) < 4.78 is 6.48. The maximum absolute atomic E-state index is 10.5. The Kier molecular flexibility index (Phi) is 4.13. The van der Waals surface area contributed by atoms with Crippen LogP contribution in [0.3, 0.4) is 0 Å². The van der Waals surface area contributed by atoms with E-state index in [-0.39, 0.29) is 12.7 Å². The predicted molar refractivity (Wildman–Crippen MR) is 60.8 cm³/mol. The van der Waals surface area contributed by atoms with Crippen molar-refractivity contribution < 1.29 is 9.66 Å². The van der Waals surface area contributed by atoms with Crippen molar-refractivity contribution in [2.45, 2.75) is 32.4 Å². The molecular formula is C8H16N4O3Si. The third-order valence-electron chi connectivity index (χ3n) is 1.97. The van der Waals surface area contributed by atoms with Crippen LogP contribution in [0.1, 0.15) is 0 Å². The zero-order valence-electron chi connectivity index (χ0n) is 9.71. The molecule has 0 saturated carbocycles. The lowest BCUT2D eigenvalue weighted by Crippen LogP contribution is -2.22. The highest BCUT2D eigenvalue weighted by Gasteiger charge is 2.16. The van der Waals surface area contributed by atoms with Crippen LogP contribution in [0.2, 0.25) is 25.7 Å². The van der Waals surface area contributed by atoms with Crippen molar-refractivity contribution >= 4 is 14.0 Å². The van der Waals surface area contributed by atoms with Crippen molar-refractivity contribution in [1.82, 2.24) is 14.8 Å².